The van der Waals surface area contributed by atoms with Crippen molar-refractivity contribution in [3.8, 4) is 11.3 Å². The van der Waals surface area contributed by atoms with Crippen LogP contribution in [0.4, 0.5) is 0 Å². The maximum Gasteiger partial charge on any atom is 0.273 e. The molecule has 1 fully saturated rings. The number of hydrogen-bond acceptors (Lipinski definition) is 6. The molecule has 6 rings (SSSR count). The summed E-state index contributed by atoms with van der Waals surface area (Å²) in [5, 5.41) is 8.78. The molecule has 9 nitrogen and oxygen atoms in total. The molecule has 0 radical (unpaired) electrons. The Morgan fingerprint density at radius 2 is 1.90 bits per heavy atom. The molecule has 5 heterocycles. The molecule has 0 saturated carbocycles. The van der Waals surface area contributed by atoms with Gasteiger partial charge in [0, 0.05) is 60.3 Å². The topological polar surface area (TPSA) is 110 Å². The molecule has 4 aromatic heterocycles. The fraction of sp³-hybridized carbons (Fsp3) is 0.300. The molecule has 1 aromatic carbocycles. The van der Waals surface area contributed by atoms with Crippen molar-refractivity contribution in [2.75, 3.05) is 13.1 Å². The normalized spacial score (nSPS) is 13.5. The Morgan fingerprint density at radius 1 is 1.03 bits per heavy atom. The van der Waals surface area contributed by atoms with Crippen molar-refractivity contribution >= 4 is 16.7 Å². The molecule has 0 unspecified atom stereocenters. The lowest BCUT2D eigenvalue weighted by Crippen LogP contribution is -2.43. The number of pyridine rings is 1. The van der Waals surface area contributed by atoms with Crippen LogP contribution >= 0.6 is 0 Å². The molecule has 9 heteroatoms. The SMILES string of the molecule is O=C(CCc1cc2cnccc2[nH]1)Cn1c(-c2cnn(C3CNC3)c2)cnc(CCCc2ccccc2)c1=O. The molecule has 1 aliphatic rings. The average molecular weight is 522 g/mol. The van der Waals surface area contributed by atoms with Crippen LogP contribution < -0.4 is 10.9 Å². The second-order valence-electron chi connectivity index (χ2n) is 10.1. The Balaban J connectivity index is 1.21. The first-order valence-corrected chi connectivity index (χ1v) is 13.5. The number of rotatable bonds is 11. The van der Waals surface area contributed by atoms with E-state index in [1.807, 2.05) is 41.2 Å². The van der Waals surface area contributed by atoms with Gasteiger partial charge in [0.2, 0.25) is 0 Å². The molecular weight excluding hydrogens is 490 g/mol. The van der Waals surface area contributed by atoms with Crippen LogP contribution in [0.2, 0.25) is 0 Å². The zero-order valence-electron chi connectivity index (χ0n) is 21.7. The Kier molecular flexibility index (Phi) is 7.14. The third kappa shape index (κ3) is 5.58. The van der Waals surface area contributed by atoms with Gasteiger partial charge in [-0.05, 0) is 43.4 Å². The van der Waals surface area contributed by atoms with Crippen molar-refractivity contribution in [1.82, 2.24) is 34.6 Å². The Hall–Kier alpha value is -4.37. The maximum atomic E-state index is 13.6. The first-order valence-electron chi connectivity index (χ1n) is 13.5. The van der Waals surface area contributed by atoms with Gasteiger partial charge in [0.15, 0.2) is 5.78 Å². The molecule has 2 N–H and O–H groups in total. The number of Topliss-reactive ketones (excluding diaryl/α,β-unsaturated/α-hetero) is 1. The van der Waals surface area contributed by atoms with Gasteiger partial charge in [-0.2, -0.15) is 5.10 Å². The highest BCUT2D eigenvalue weighted by atomic mass is 16.1. The maximum absolute atomic E-state index is 13.6. The summed E-state index contributed by atoms with van der Waals surface area (Å²) in [5.74, 6) is -0.00727. The molecule has 0 atom stereocenters. The van der Waals surface area contributed by atoms with Crippen molar-refractivity contribution in [3.05, 3.63) is 101 Å². The van der Waals surface area contributed by atoms with Gasteiger partial charge in [0.1, 0.15) is 5.69 Å². The van der Waals surface area contributed by atoms with Crippen molar-refractivity contribution in [3.63, 3.8) is 0 Å². The summed E-state index contributed by atoms with van der Waals surface area (Å²) in [6, 6.07) is 14.5. The number of carbonyl (C=O) groups excluding carboxylic acids is 1. The molecule has 0 bridgehead atoms. The number of hydrogen-bond donors (Lipinski definition) is 2. The number of fused-ring (bicyclic) bond motifs is 1. The predicted octanol–water partition coefficient (Wildman–Crippen LogP) is 3.50. The van der Waals surface area contributed by atoms with Crippen molar-refractivity contribution < 1.29 is 4.79 Å². The lowest BCUT2D eigenvalue weighted by atomic mass is 10.1. The van der Waals surface area contributed by atoms with E-state index in [0.717, 1.165) is 48.1 Å². The Bertz CT molecular complexity index is 1610. The Labute approximate surface area is 225 Å². The highest BCUT2D eigenvalue weighted by molar-refractivity contribution is 5.81. The molecule has 1 aliphatic heterocycles. The van der Waals surface area contributed by atoms with Gasteiger partial charge in [0.25, 0.3) is 5.56 Å². The van der Waals surface area contributed by atoms with Crippen LogP contribution in [0.5, 0.6) is 0 Å². The summed E-state index contributed by atoms with van der Waals surface area (Å²) in [7, 11) is 0. The average Bonchev–Trinajstić information content (AvgIpc) is 3.56. The highest BCUT2D eigenvalue weighted by Gasteiger charge is 2.21. The zero-order valence-corrected chi connectivity index (χ0v) is 21.7. The summed E-state index contributed by atoms with van der Waals surface area (Å²) >= 11 is 0. The summed E-state index contributed by atoms with van der Waals surface area (Å²) in [5.41, 5.74) is 4.90. The lowest BCUT2D eigenvalue weighted by Gasteiger charge is -2.27. The monoisotopic (exact) mass is 521 g/mol. The van der Waals surface area contributed by atoms with E-state index in [2.05, 4.69) is 37.5 Å². The van der Waals surface area contributed by atoms with Gasteiger partial charge in [-0.3, -0.25) is 28.8 Å². The molecule has 1 saturated heterocycles. The first kappa shape index (κ1) is 24.9. The van der Waals surface area contributed by atoms with Crippen LogP contribution in [-0.2, 0) is 30.6 Å². The number of nitrogens with one attached hydrogen (secondary N) is 2. The highest BCUT2D eigenvalue weighted by Crippen LogP contribution is 2.21. The van der Waals surface area contributed by atoms with Gasteiger partial charge in [-0.1, -0.05) is 30.3 Å². The van der Waals surface area contributed by atoms with Crippen LogP contribution in [0.3, 0.4) is 0 Å². The number of H-pyrrole nitrogens is 1. The predicted molar refractivity (Wildman–Crippen MR) is 150 cm³/mol. The molecule has 0 spiro atoms. The van der Waals surface area contributed by atoms with E-state index in [0.29, 0.717) is 36.7 Å². The number of ketones is 1. The van der Waals surface area contributed by atoms with Gasteiger partial charge < -0.3 is 10.3 Å². The molecular formula is C30H31N7O2. The summed E-state index contributed by atoms with van der Waals surface area (Å²) in [6.45, 7) is 1.74. The molecule has 198 valence electrons. The molecule has 5 aromatic rings. The summed E-state index contributed by atoms with van der Waals surface area (Å²) in [4.78, 5) is 38.9. The first-order chi connectivity index (χ1) is 19.1. The van der Waals surface area contributed by atoms with Crippen LogP contribution in [0, 0.1) is 0 Å². The minimum atomic E-state index is -0.205. The van der Waals surface area contributed by atoms with E-state index in [4.69, 9.17) is 0 Å². The minimum absolute atomic E-state index is 0.000317. The quantitative estimate of drug-likeness (QED) is 0.275. The number of benzene rings is 1. The fourth-order valence-corrected chi connectivity index (χ4v) is 5.02. The lowest BCUT2D eigenvalue weighted by molar-refractivity contribution is -0.119. The zero-order chi connectivity index (χ0) is 26.6. The third-order valence-electron chi connectivity index (χ3n) is 7.36. The second-order valence-corrected chi connectivity index (χ2v) is 10.1. The van der Waals surface area contributed by atoms with Crippen LogP contribution in [0.1, 0.15) is 35.8 Å². The number of nitrogens with zero attached hydrogens (tertiary/aromatic N) is 5. The summed E-state index contributed by atoms with van der Waals surface area (Å²) < 4.78 is 3.50. The van der Waals surface area contributed by atoms with Crippen molar-refractivity contribution in [2.45, 2.75) is 44.7 Å². The fourth-order valence-electron chi connectivity index (χ4n) is 5.02. The van der Waals surface area contributed by atoms with Gasteiger partial charge in [-0.15, -0.1) is 0 Å². The number of aromatic amines is 1. The van der Waals surface area contributed by atoms with Crippen molar-refractivity contribution in [1.29, 1.82) is 0 Å². The van der Waals surface area contributed by atoms with Crippen molar-refractivity contribution in [2.24, 2.45) is 0 Å². The summed E-state index contributed by atoms with van der Waals surface area (Å²) in [6.07, 6.45) is 12.1. The standard InChI is InChI=1S/C30H31N7O2/c38-26(10-9-24-13-22-14-31-12-11-27(22)35-24)20-36-29(23-15-34-37(19-23)25-16-32-17-25)18-33-28(30(36)39)8-4-7-21-5-2-1-3-6-21/h1-3,5-6,11-15,18-19,25,32,35H,4,7-10,16-17,20H2. The molecule has 0 amide bonds. The van der Waals surface area contributed by atoms with E-state index in [1.165, 1.54) is 5.56 Å². The van der Waals surface area contributed by atoms with E-state index < -0.39 is 0 Å². The number of aromatic nitrogens is 6. The van der Waals surface area contributed by atoms with Crippen LogP contribution in [-0.4, -0.2) is 48.2 Å². The molecule has 39 heavy (non-hydrogen) atoms. The minimum Gasteiger partial charge on any atom is -0.358 e. The number of carbonyl (C=O) groups is 1. The van der Waals surface area contributed by atoms with Gasteiger partial charge in [-0.25, -0.2) is 0 Å². The largest absolute Gasteiger partial charge is 0.358 e. The Morgan fingerprint density at radius 3 is 2.69 bits per heavy atom. The second kappa shape index (κ2) is 11.2. The van der Waals surface area contributed by atoms with E-state index in [-0.39, 0.29) is 17.9 Å². The number of aryl methyl sites for hydroxylation is 3. The van der Waals surface area contributed by atoms with Crippen LogP contribution in [0.25, 0.3) is 22.2 Å². The van der Waals surface area contributed by atoms with Gasteiger partial charge >= 0.3 is 0 Å². The molecule has 0 aliphatic carbocycles. The van der Waals surface area contributed by atoms with Crippen LogP contribution in [0.15, 0.2) is 78.2 Å². The third-order valence-corrected chi connectivity index (χ3v) is 7.36. The van der Waals surface area contributed by atoms with Gasteiger partial charge in [0.05, 0.1) is 30.7 Å². The van der Waals surface area contributed by atoms with E-state index in [1.54, 1.807) is 29.4 Å². The van der Waals surface area contributed by atoms with E-state index >= 15 is 0 Å². The van der Waals surface area contributed by atoms with E-state index in [9.17, 15) is 9.59 Å². The smallest absolute Gasteiger partial charge is 0.273 e.